The second kappa shape index (κ2) is 3.91. The average molecular weight is 203 g/mol. The molecule has 2 rings (SSSR count). The number of carbonyl (C=O) groups is 1. The van der Waals surface area contributed by atoms with Crippen molar-refractivity contribution < 1.29 is 9.90 Å². The number of aliphatic carboxylic acids is 1. The van der Waals surface area contributed by atoms with E-state index in [0.29, 0.717) is 11.5 Å². The third-order valence-corrected chi connectivity index (χ3v) is 1.86. The topological polar surface area (TPSA) is 68.0 Å². The normalized spacial score (nSPS) is 10.1. The molecule has 5 nitrogen and oxygen atoms in total. The Kier molecular flexibility index (Phi) is 2.45. The highest BCUT2D eigenvalue weighted by Gasteiger charge is 2.03. The molecule has 0 fully saturated rings. The Hall–Kier alpha value is -2.17. The van der Waals surface area contributed by atoms with E-state index in [4.69, 9.17) is 5.11 Å². The Labute approximate surface area is 86.0 Å². The smallest absolute Gasteiger partial charge is 0.309 e. The molecule has 0 unspecified atom stereocenters. The van der Waals surface area contributed by atoms with Crippen LogP contribution in [0.15, 0.2) is 36.7 Å². The fourth-order valence-corrected chi connectivity index (χ4v) is 1.25. The summed E-state index contributed by atoms with van der Waals surface area (Å²) in [6.45, 7) is 0. The van der Waals surface area contributed by atoms with Gasteiger partial charge in [-0.1, -0.05) is 6.07 Å². The number of rotatable bonds is 3. The molecule has 15 heavy (non-hydrogen) atoms. The summed E-state index contributed by atoms with van der Waals surface area (Å²) in [6, 6.07) is 7.01. The Morgan fingerprint density at radius 2 is 2.27 bits per heavy atom. The molecular weight excluding hydrogens is 194 g/mol. The molecule has 0 saturated heterocycles. The van der Waals surface area contributed by atoms with E-state index in [0.717, 1.165) is 0 Å². The van der Waals surface area contributed by atoms with Crippen molar-refractivity contribution in [3.63, 3.8) is 0 Å². The van der Waals surface area contributed by atoms with Gasteiger partial charge in [-0.15, -0.1) is 0 Å². The maximum atomic E-state index is 10.5. The SMILES string of the molecule is O=C(O)Cc1cccc(-n2cccn2)n1. The van der Waals surface area contributed by atoms with Crippen LogP contribution < -0.4 is 0 Å². The molecule has 1 N–H and O–H groups in total. The van der Waals surface area contributed by atoms with Crippen molar-refractivity contribution in [2.75, 3.05) is 0 Å². The summed E-state index contributed by atoms with van der Waals surface area (Å²) in [4.78, 5) is 14.7. The maximum Gasteiger partial charge on any atom is 0.309 e. The van der Waals surface area contributed by atoms with E-state index >= 15 is 0 Å². The zero-order chi connectivity index (χ0) is 10.7. The molecule has 0 amide bonds. The number of nitrogens with zero attached hydrogens (tertiary/aromatic N) is 3. The summed E-state index contributed by atoms with van der Waals surface area (Å²) in [7, 11) is 0. The summed E-state index contributed by atoms with van der Waals surface area (Å²) in [5, 5.41) is 12.6. The van der Waals surface area contributed by atoms with E-state index in [1.807, 2.05) is 0 Å². The van der Waals surface area contributed by atoms with Gasteiger partial charge in [0, 0.05) is 12.4 Å². The van der Waals surface area contributed by atoms with E-state index in [9.17, 15) is 4.79 Å². The zero-order valence-electron chi connectivity index (χ0n) is 7.87. The van der Waals surface area contributed by atoms with Crippen LogP contribution in [0.4, 0.5) is 0 Å². The van der Waals surface area contributed by atoms with Crippen molar-refractivity contribution in [1.82, 2.24) is 14.8 Å². The van der Waals surface area contributed by atoms with Gasteiger partial charge in [0.15, 0.2) is 5.82 Å². The van der Waals surface area contributed by atoms with Gasteiger partial charge in [0.05, 0.1) is 12.1 Å². The first-order valence-electron chi connectivity index (χ1n) is 4.43. The number of pyridine rings is 1. The first-order chi connectivity index (χ1) is 7.25. The Morgan fingerprint density at radius 3 is 2.93 bits per heavy atom. The lowest BCUT2D eigenvalue weighted by Crippen LogP contribution is -2.05. The molecule has 5 heteroatoms. The van der Waals surface area contributed by atoms with Crippen LogP contribution in [0.3, 0.4) is 0 Å². The predicted molar refractivity (Wildman–Crippen MR) is 52.7 cm³/mol. The van der Waals surface area contributed by atoms with Crippen LogP contribution in [0.1, 0.15) is 5.69 Å². The van der Waals surface area contributed by atoms with Gasteiger partial charge >= 0.3 is 5.97 Å². The highest BCUT2D eigenvalue weighted by molar-refractivity contribution is 5.69. The highest BCUT2D eigenvalue weighted by atomic mass is 16.4. The quantitative estimate of drug-likeness (QED) is 0.804. The van der Waals surface area contributed by atoms with Gasteiger partial charge in [-0.05, 0) is 18.2 Å². The molecule has 0 saturated carbocycles. The van der Waals surface area contributed by atoms with Gasteiger partial charge in [-0.2, -0.15) is 5.10 Å². The standard InChI is InChI=1S/C10H9N3O2/c14-10(15)7-8-3-1-4-9(12-8)13-6-2-5-11-13/h1-6H,7H2,(H,14,15). The maximum absolute atomic E-state index is 10.5. The van der Waals surface area contributed by atoms with Crippen LogP contribution in [0.2, 0.25) is 0 Å². The average Bonchev–Trinajstić information content (AvgIpc) is 2.69. The molecule has 76 valence electrons. The van der Waals surface area contributed by atoms with Gasteiger partial charge in [0.2, 0.25) is 0 Å². The summed E-state index contributed by atoms with van der Waals surface area (Å²) < 4.78 is 1.59. The van der Waals surface area contributed by atoms with Gasteiger partial charge in [-0.3, -0.25) is 4.79 Å². The van der Waals surface area contributed by atoms with Crippen LogP contribution in [0.25, 0.3) is 5.82 Å². The van der Waals surface area contributed by atoms with Crippen molar-refractivity contribution in [3.8, 4) is 5.82 Å². The van der Waals surface area contributed by atoms with Gasteiger partial charge in [-0.25, -0.2) is 9.67 Å². The molecular formula is C10H9N3O2. The van der Waals surface area contributed by atoms with Gasteiger partial charge in [0.25, 0.3) is 0 Å². The van der Waals surface area contributed by atoms with E-state index in [1.54, 1.807) is 41.3 Å². The van der Waals surface area contributed by atoms with Crippen molar-refractivity contribution in [1.29, 1.82) is 0 Å². The third kappa shape index (κ3) is 2.19. The van der Waals surface area contributed by atoms with Crippen LogP contribution in [0, 0.1) is 0 Å². The van der Waals surface area contributed by atoms with Crippen molar-refractivity contribution in [2.45, 2.75) is 6.42 Å². The zero-order valence-corrected chi connectivity index (χ0v) is 7.87. The van der Waals surface area contributed by atoms with E-state index in [-0.39, 0.29) is 6.42 Å². The summed E-state index contributed by atoms with van der Waals surface area (Å²) in [5.41, 5.74) is 0.524. The van der Waals surface area contributed by atoms with E-state index in [2.05, 4.69) is 10.1 Å². The Bertz CT molecular complexity index is 465. The Balaban J connectivity index is 2.31. The molecule has 2 aromatic heterocycles. The number of hydrogen-bond acceptors (Lipinski definition) is 3. The van der Waals surface area contributed by atoms with Crippen LogP contribution >= 0.6 is 0 Å². The molecule has 0 aliphatic rings. The monoisotopic (exact) mass is 203 g/mol. The van der Waals surface area contributed by atoms with Crippen molar-refractivity contribution >= 4 is 5.97 Å². The van der Waals surface area contributed by atoms with Crippen LogP contribution in [-0.2, 0) is 11.2 Å². The number of carboxylic acid groups (broad SMARTS) is 1. The highest BCUT2D eigenvalue weighted by Crippen LogP contribution is 2.04. The molecule has 0 spiro atoms. The second-order valence-corrected chi connectivity index (χ2v) is 3.01. The molecule has 2 heterocycles. The first kappa shape index (κ1) is 9.39. The number of hydrogen-bond donors (Lipinski definition) is 1. The molecule has 2 aromatic rings. The fourth-order valence-electron chi connectivity index (χ4n) is 1.25. The summed E-state index contributed by atoms with van der Waals surface area (Å²) in [6.07, 6.45) is 3.33. The summed E-state index contributed by atoms with van der Waals surface area (Å²) in [5.74, 6) is -0.265. The van der Waals surface area contributed by atoms with Gasteiger partial charge < -0.3 is 5.11 Å². The van der Waals surface area contributed by atoms with Crippen LogP contribution in [-0.4, -0.2) is 25.8 Å². The molecule has 0 bridgehead atoms. The first-order valence-corrected chi connectivity index (χ1v) is 4.43. The predicted octanol–water partition coefficient (Wildman–Crippen LogP) is 0.894. The lowest BCUT2D eigenvalue weighted by atomic mass is 10.3. The lowest BCUT2D eigenvalue weighted by molar-refractivity contribution is -0.136. The van der Waals surface area contributed by atoms with Gasteiger partial charge in [0.1, 0.15) is 0 Å². The molecule has 0 aliphatic heterocycles. The lowest BCUT2D eigenvalue weighted by Gasteiger charge is -2.02. The summed E-state index contributed by atoms with van der Waals surface area (Å²) >= 11 is 0. The third-order valence-electron chi connectivity index (χ3n) is 1.86. The minimum absolute atomic E-state index is 0.0743. The van der Waals surface area contributed by atoms with Crippen molar-refractivity contribution in [3.05, 3.63) is 42.4 Å². The fraction of sp³-hybridized carbons (Fsp3) is 0.100. The minimum Gasteiger partial charge on any atom is -0.481 e. The molecule has 0 atom stereocenters. The number of carboxylic acids is 1. The second-order valence-electron chi connectivity index (χ2n) is 3.01. The molecule has 0 aromatic carbocycles. The minimum atomic E-state index is -0.889. The molecule has 0 radical (unpaired) electrons. The van der Waals surface area contributed by atoms with Crippen LogP contribution in [0.5, 0.6) is 0 Å². The van der Waals surface area contributed by atoms with E-state index in [1.165, 1.54) is 0 Å². The Morgan fingerprint density at radius 1 is 1.40 bits per heavy atom. The number of aromatic nitrogens is 3. The molecule has 0 aliphatic carbocycles. The van der Waals surface area contributed by atoms with Crippen molar-refractivity contribution in [2.24, 2.45) is 0 Å². The van der Waals surface area contributed by atoms with E-state index < -0.39 is 5.97 Å². The largest absolute Gasteiger partial charge is 0.481 e.